The molecule has 3 N–H and O–H groups in total. The average Bonchev–Trinajstić information content (AvgIpc) is 3.07. The summed E-state index contributed by atoms with van der Waals surface area (Å²) < 4.78 is 13.5. The van der Waals surface area contributed by atoms with Crippen LogP contribution in [0.15, 0.2) is 48.2 Å². The average molecular weight is 322 g/mol. The fraction of sp³-hybridized carbons (Fsp3) is 0.111. The quantitative estimate of drug-likeness (QED) is 0.672. The van der Waals surface area contributed by atoms with Crippen molar-refractivity contribution in [3.8, 4) is 0 Å². The molecule has 24 heavy (non-hydrogen) atoms. The zero-order chi connectivity index (χ0) is 16.8. The lowest BCUT2D eigenvalue weighted by Gasteiger charge is -2.18. The number of aromatic nitrogens is 2. The largest absolute Gasteiger partial charge is 0.509 e. The normalized spacial score (nSPS) is 14.9. The smallest absolute Gasteiger partial charge is 0.145 e. The van der Waals surface area contributed by atoms with E-state index in [1.807, 2.05) is 25.1 Å². The summed E-state index contributed by atoms with van der Waals surface area (Å²) in [7, 11) is 0. The number of aliphatic hydroxyl groups excluding tert-OH is 1. The van der Waals surface area contributed by atoms with Crippen LogP contribution < -0.4 is 4.90 Å². The minimum atomic E-state index is -0.382. The van der Waals surface area contributed by atoms with Gasteiger partial charge in [0, 0.05) is 5.69 Å². The number of hydrogen-bond donors (Lipinski definition) is 3. The minimum absolute atomic E-state index is 0.0417. The fourth-order valence-electron chi connectivity index (χ4n) is 2.93. The van der Waals surface area contributed by atoms with E-state index in [9.17, 15) is 9.50 Å². The zero-order valence-electron chi connectivity index (χ0n) is 13.0. The van der Waals surface area contributed by atoms with Crippen LogP contribution in [0.5, 0.6) is 0 Å². The Morgan fingerprint density at radius 3 is 2.88 bits per heavy atom. The number of nitrogens with one attached hydrogen (secondary N) is 2. The van der Waals surface area contributed by atoms with Gasteiger partial charge in [-0.15, -0.1) is 0 Å². The molecule has 0 atom stereocenters. The van der Waals surface area contributed by atoms with Crippen LogP contribution in [0.25, 0.3) is 16.6 Å². The van der Waals surface area contributed by atoms with E-state index in [-0.39, 0.29) is 24.0 Å². The van der Waals surface area contributed by atoms with E-state index >= 15 is 0 Å². The molecule has 1 aliphatic rings. The standard InChI is InChI=1S/C18H15FN4O/c1-10-5-6-13-14(7-10)22-18(21-13)16-15(24)9-23(17(16)20)12-4-2-3-11(19)8-12/h2-8,20,24H,9H2,1H3,(H,21,22). The van der Waals surface area contributed by atoms with Crippen molar-refractivity contribution in [2.75, 3.05) is 11.4 Å². The van der Waals surface area contributed by atoms with Crippen LogP contribution in [-0.2, 0) is 0 Å². The van der Waals surface area contributed by atoms with E-state index < -0.39 is 0 Å². The van der Waals surface area contributed by atoms with Crippen molar-refractivity contribution in [2.24, 2.45) is 0 Å². The van der Waals surface area contributed by atoms with Crippen molar-refractivity contribution in [3.63, 3.8) is 0 Å². The molecule has 0 unspecified atom stereocenters. The van der Waals surface area contributed by atoms with Gasteiger partial charge in [-0.05, 0) is 42.8 Å². The first-order valence-electron chi connectivity index (χ1n) is 7.54. The number of amidine groups is 1. The summed E-state index contributed by atoms with van der Waals surface area (Å²) in [6, 6.07) is 11.8. The summed E-state index contributed by atoms with van der Waals surface area (Å²) in [5.41, 5.74) is 3.58. The predicted molar refractivity (Wildman–Crippen MR) is 91.9 cm³/mol. The molecule has 0 radical (unpaired) electrons. The summed E-state index contributed by atoms with van der Waals surface area (Å²) in [4.78, 5) is 9.17. The maximum atomic E-state index is 13.5. The Balaban J connectivity index is 1.74. The molecule has 0 spiro atoms. The van der Waals surface area contributed by atoms with Crippen molar-refractivity contribution >= 4 is 28.1 Å². The third-order valence-electron chi connectivity index (χ3n) is 4.10. The van der Waals surface area contributed by atoms with E-state index in [1.165, 1.54) is 12.1 Å². The molecule has 3 aromatic rings. The van der Waals surface area contributed by atoms with Crippen molar-refractivity contribution < 1.29 is 9.50 Å². The van der Waals surface area contributed by atoms with E-state index in [0.29, 0.717) is 17.1 Å². The predicted octanol–water partition coefficient (Wildman–Crippen LogP) is 3.78. The van der Waals surface area contributed by atoms with Gasteiger partial charge in [-0.2, -0.15) is 0 Å². The summed E-state index contributed by atoms with van der Waals surface area (Å²) >= 11 is 0. The molecule has 4 rings (SSSR count). The van der Waals surface area contributed by atoms with Crippen LogP contribution in [0.3, 0.4) is 0 Å². The van der Waals surface area contributed by atoms with Crippen molar-refractivity contribution in [2.45, 2.75) is 6.92 Å². The Morgan fingerprint density at radius 2 is 2.08 bits per heavy atom. The SMILES string of the molecule is Cc1ccc2nc(C3=C(O)CN(c4cccc(F)c4)C3=N)[nH]c2c1. The Hall–Kier alpha value is -3.15. The van der Waals surface area contributed by atoms with Crippen molar-refractivity contribution in [1.29, 1.82) is 5.41 Å². The van der Waals surface area contributed by atoms with Gasteiger partial charge in [-0.1, -0.05) is 12.1 Å². The van der Waals surface area contributed by atoms with E-state index in [2.05, 4.69) is 9.97 Å². The summed E-state index contributed by atoms with van der Waals surface area (Å²) in [5.74, 6) is 0.193. The van der Waals surface area contributed by atoms with Gasteiger partial charge in [0.1, 0.15) is 23.2 Å². The van der Waals surface area contributed by atoms with Crippen LogP contribution in [0.2, 0.25) is 0 Å². The number of fused-ring (bicyclic) bond motifs is 1. The summed E-state index contributed by atoms with van der Waals surface area (Å²) in [5, 5.41) is 18.7. The highest BCUT2D eigenvalue weighted by Crippen LogP contribution is 2.31. The first-order valence-corrected chi connectivity index (χ1v) is 7.54. The molecular formula is C18H15FN4O. The van der Waals surface area contributed by atoms with Crippen LogP contribution in [0, 0.1) is 18.2 Å². The first-order chi connectivity index (χ1) is 11.5. The summed E-state index contributed by atoms with van der Waals surface area (Å²) in [6.45, 7) is 2.10. The van der Waals surface area contributed by atoms with Crippen LogP contribution >= 0.6 is 0 Å². The molecule has 6 heteroatoms. The number of imidazole rings is 1. The van der Waals surface area contributed by atoms with Gasteiger partial charge in [-0.3, -0.25) is 5.41 Å². The highest BCUT2D eigenvalue weighted by Gasteiger charge is 2.31. The number of aliphatic hydroxyl groups is 1. The number of halogens is 1. The maximum absolute atomic E-state index is 13.5. The van der Waals surface area contributed by atoms with Gasteiger partial charge in [0.15, 0.2) is 0 Å². The van der Waals surface area contributed by atoms with E-state index in [0.717, 1.165) is 16.6 Å². The van der Waals surface area contributed by atoms with Gasteiger partial charge in [0.25, 0.3) is 0 Å². The number of benzene rings is 2. The Labute approximate surface area is 137 Å². The van der Waals surface area contributed by atoms with Crippen molar-refractivity contribution in [3.05, 3.63) is 65.4 Å². The summed E-state index contributed by atoms with van der Waals surface area (Å²) in [6.07, 6.45) is 0. The molecule has 2 heterocycles. The molecule has 0 saturated heterocycles. The minimum Gasteiger partial charge on any atom is -0.509 e. The molecule has 5 nitrogen and oxygen atoms in total. The molecule has 1 aromatic heterocycles. The van der Waals surface area contributed by atoms with Crippen LogP contribution in [0.4, 0.5) is 10.1 Å². The van der Waals surface area contributed by atoms with Crippen molar-refractivity contribution in [1.82, 2.24) is 9.97 Å². The molecule has 0 saturated carbocycles. The molecule has 0 amide bonds. The van der Waals surface area contributed by atoms with Crippen LogP contribution in [0.1, 0.15) is 11.4 Å². The number of H-pyrrole nitrogens is 1. The second-order valence-corrected chi connectivity index (χ2v) is 5.84. The number of anilines is 1. The second-order valence-electron chi connectivity index (χ2n) is 5.84. The van der Waals surface area contributed by atoms with Gasteiger partial charge >= 0.3 is 0 Å². The number of hydrogen-bond acceptors (Lipinski definition) is 3. The monoisotopic (exact) mass is 322 g/mol. The molecule has 2 aromatic carbocycles. The first kappa shape index (κ1) is 14.4. The molecule has 0 aliphatic carbocycles. The third-order valence-corrected chi connectivity index (χ3v) is 4.10. The molecule has 120 valence electrons. The van der Waals surface area contributed by atoms with Gasteiger partial charge < -0.3 is 15.0 Å². The fourth-order valence-corrected chi connectivity index (χ4v) is 2.93. The highest BCUT2D eigenvalue weighted by atomic mass is 19.1. The van der Waals surface area contributed by atoms with Crippen LogP contribution in [-0.4, -0.2) is 27.5 Å². The third kappa shape index (κ3) is 2.23. The lowest BCUT2D eigenvalue weighted by molar-refractivity contribution is 0.411. The molecule has 1 aliphatic heterocycles. The Kier molecular flexibility index (Phi) is 3.13. The lowest BCUT2D eigenvalue weighted by atomic mass is 10.2. The van der Waals surface area contributed by atoms with E-state index in [1.54, 1.807) is 17.0 Å². The number of aryl methyl sites for hydroxylation is 1. The number of rotatable bonds is 2. The maximum Gasteiger partial charge on any atom is 0.145 e. The molecule has 0 fully saturated rings. The number of nitrogens with zero attached hydrogens (tertiary/aromatic N) is 2. The lowest BCUT2D eigenvalue weighted by Crippen LogP contribution is -2.26. The number of aromatic amines is 1. The zero-order valence-corrected chi connectivity index (χ0v) is 13.0. The van der Waals surface area contributed by atoms with E-state index in [4.69, 9.17) is 5.41 Å². The molecule has 0 bridgehead atoms. The van der Waals surface area contributed by atoms with Gasteiger partial charge in [-0.25, -0.2) is 9.37 Å². The topological polar surface area (TPSA) is 76.0 Å². The Bertz CT molecular complexity index is 1010. The van der Waals surface area contributed by atoms with Gasteiger partial charge in [0.05, 0.1) is 23.2 Å². The molecular weight excluding hydrogens is 307 g/mol. The highest BCUT2D eigenvalue weighted by molar-refractivity contribution is 6.30. The Morgan fingerprint density at radius 1 is 1.25 bits per heavy atom. The second kappa shape index (κ2) is 5.19. The van der Waals surface area contributed by atoms with Gasteiger partial charge in [0.2, 0.25) is 0 Å².